The lowest BCUT2D eigenvalue weighted by atomic mass is 9.71. The van der Waals surface area contributed by atoms with Crippen molar-refractivity contribution in [3.05, 3.63) is 0 Å². The number of carbonyl (C=O) groups is 1. The van der Waals surface area contributed by atoms with Crippen molar-refractivity contribution in [2.75, 3.05) is 45.0 Å². The number of nitrogens with one attached hydrogen (secondary N) is 1. The Morgan fingerprint density at radius 2 is 1.62 bits per heavy atom. The van der Waals surface area contributed by atoms with Gasteiger partial charge in [0.05, 0.1) is 5.75 Å². The van der Waals surface area contributed by atoms with Gasteiger partial charge in [0.15, 0.2) is 0 Å². The van der Waals surface area contributed by atoms with Crippen LogP contribution in [0.1, 0.15) is 53.4 Å². The maximum Gasteiger partial charge on any atom is 0.410 e. The summed E-state index contributed by atoms with van der Waals surface area (Å²) in [7, 11) is -3.10. The summed E-state index contributed by atoms with van der Waals surface area (Å²) >= 11 is 0. The molecule has 2 aliphatic heterocycles. The highest BCUT2D eigenvalue weighted by molar-refractivity contribution is 7.89. The molecule has 2 aliphatic rings. The molecule has 2 rings (SSSR count). The van der Waals surface area contributed by atoms with Gasteiger partial charge < -0.3 is 14.5 Å². The number of ether oxygens (including phenoxy) is 1. The van der Waals surface area contributed by atoms with Gasteiger partial charge >= 0.3 is 6.09 Å². The summed E-state index contributed by atoms with van der Waals surface area (Å²) in [4.78, 5) is 16.4. The van der Waals surface area contributed by atoms with E-state index < -0.39 is 15.6 Å². The quantitative estimate of drug-likeness (QED) is 0.778. The molecule has 0 saturated carbocycles. The Morgan fingerprint density at radius 3 is 2.12 bits per heavy atom. The molecule has 2 saturated heterocycles. The number of amides is 1. The zero-order chi connectivity index (χ0) is 19.4. The summed E-state index contributed by atoms with van der Waals surface area (Å²) in [5.41, 5.74) is -0.116. The van der Waals surface area contributed by atoms with Gasteiger partial charge in [-0.3, -0.25) is 0 Å². The molecule has 8 heteroatoms. The molecule has 1 spiro atoms. The third-order valence-electron chi connectivity index (χ3n) is 5.52. The van der Waals surface area contributed by atoms with Crippen molar-refractivity contribution in [3.63, 3.8) is 0 Å². The number of piperidine rings is 2. The zero-order valence-electron chi connectivity index (χ0n) is 16.7. The van der Waals surface area contributed by atoms with Crippen molar-refractivity contribution in [3.8, 4) is 0 Å². The smallest absolute Gasteiger partial charge is 0.410 e. The zero-order valence-corrected chi connectivity index (χ0v) is 17.5. The molecule has 0 radical (unpaired) electrons. The van der Waals surface area contributed by atoms with Crippen LogP contribution in [0.3, 0.4) is 0 Å². The molecule has 152 valence electrons. The summed E-state index contributed by atoms with van der Waals surface area (Å²) in [6, 6.07) is 0. The molecule has 1 amide bonds. The molecular formula is C18H35N3O4S. The molecule has 1 N–H and O–H groups in total. The predicted octanol–water partition coefficient (Wildman–Crippen LogP) is 2.04. The van der Waals surface area contributed by atoms with Crippen LogP contribution >= 0.6 is 0 Å². The number of rotatable bonds is 5. The topological polar surface area (TPSA) is 79.0 Å². The number of nitrogens with zero attached hydrogens (tertiary/aromatic N) is 2. The molecule has 0 bridgehead atoms. The van der Waals surface area contributed by atoms with Crippen LogP contribution in [0, 0.1) is 5.41 Å². The summed E-state index contributed by atoms with van der Waals surface area (Å²) in [6.45, 7) is 12.1. The second-order valence-corrected chi connectivity index (χ2v) is 10.7. The van der Waals surface area contributed by atoms with E-state index in [1.54, 1.807) is 6.92 Å². The highest BCUT2D eigenvalue weighted by Crippen LogP contribution is 2.41. The van der Waals surface area contributed by atoms with Gasteiger partial charge in [0, 0.05) is 26.2 Å². The highest BCUT2D eigenvalue weighted by Gasteiger charge is 2.39. The van der Waals surface area contributed by atoms with E-state index in [1.165, 1.54) is 0 Å². The molecule has 26 heavy (non-hydrogen) atoms. The van der Waals surface area contributed by atoms with Crippen molar-refractivity contribution in [1.29, 1.82) is 0 Å². The first-order valence-electron chi connectivity index (χ1n) is 9.72. The van der Waals surface area contributed by atoms with E-state index in [2.05, 4.69) is 9.62 Å². The normalized spacial score (nSPS) is 21.8. The summed E-state index contributed by atoms with van der Waals surface area (Å²) < 4.78 is 31.1. The fourth-order valence-electron chi connectivity index (χ4n) is 3.70. The number of carbonyl (C=O) groups excluding carboxylic acids is 1. The summed E-state index contributed by atoms with van der Waals surface area (Å²) in [6.07, 6.45) is 4.10. The molecule has 0 aromatic rings. The first-order valence-corrected chi connectivity index (χ1v) is 11.4. The lowest BCUT2D eigenvalue weighted by Gasteiger charge is -2.46. The number of likely N-dealkylation sites (tertiary alicyclic amines) is 2. The van der Waals surface area contributed by atoms with Gasteiger partial charge in [-0.05, 0) is 71.9 Å². The Balaban J connectivity index is 1.72. The van der Waals surface area contributed by atoms with Crippen LogP contribution in [0.15, 0.2) is 0 Å². The van der Waals surface area contributed by atoms with Crippen LogP contribution in [0.5, 0.6) is 0 Å². The van der Waals surface area contributed by atoms with Gasteiger partial charge in [0.2, 0.25) is 10.0 Å². The van der Waals surface area contributed by atoms with Gasteiger partial charge in [0.25, 0.3) is 0 Å². The largest absolute Gasteiger partial charge is 0.444 e. The molecule has 0 atom stereocenters. The fraction of sp³-hybridized carbons (Fsp3) is 0.944. The Morgan fingerprint density at radius 1 is 1.08 bits per heavy atom. The highest BCUT2D eigenvalue weighted by atomic mass is 32.2. The second-order valence-electron chi connectivity index (χ2n) is 8.61. The van der Waals surface area contributed by atoms with Gasteiger partial charge in [-0.1, -0.05) is 0 Å². The van der Waals surface area contributed by atoms with Crippen molar-refractivity contribution < 1.29 is 17.9 Å². The number of hydrogen-bond acceptors (Lipinski definition) is 5. The SMILES string of the molecule is CCS(=O)(=O)NCCN1CCC2(CC1)CCN(C(=O)OC(C)(C)C)CC2. The number of hydrogen-bond donors (Lipinski definition) is 1. The van der Waals surface area contributed by atoms with Crippen LogP contribution in [0.2, 0.25) is 0 Å². The third-order valence-corrected chi connectivity index (χ3v) is 6.93. The van der Waals surface area contributed by atoms with Crippen molar-refractivity contribution in [2.45, 2.75) is 59.0 Å². The Bertz CT molecular complexity index is 568. The van der Waals surface area contributed by atoms with E-state index in [9.17, 15) is 13.2 Å². The molecule has 0 aromatic carbocycles. The van der Waals surface area contributed by atoms with E-state index in [-0.39, 0.29) is 11.8 Å². The minimum absolute atomic E-state index is 0.129. The van der Waals surface area contributed by atoms with E-state index in [1.807, 2.05) is 25.7 Å². The third kappa shape index (κ3) is 6.39. The van der Waals surface area contributed by atoms with E-state index >= 15 is 0 Å². The van der Waals surface area contributed by atoms with Crippen LogP contribution < -0.4 is 4.72 Å². The predicted molar refractivity (Wildman–Crippen MR) is 103 cm³/mol. The van der Waals surface area contributed by atoms with Gasteiger partial charge in [-0.2, -0.15) is 0 Å². The maximum atomic E-state index is 12.2. The molecular weight excluding hydrogens is 354 g/mol. The minimum atomic E-state index is -3.10. The molecule has 0 unspecified atom stereocenters. The minimum Gasteiger partial charge on any atom is -0.444 e. The van der Waals surface area contributed by atoms with E-state index in [0.717, 1.165) is 58.4 Å². The van der Waals surface area contributed by atoms with Crippen LogP contribution in [0.25, 0.3) is 0 Å². The Hall–Kier alpha value is -0.860. The Kier molecular flexibility index (Phi) is 6.96. The molecule has 0 aromatic heterocycles. The van der Waals surface area contributed by atoms with Crippen molar-refractivity contribution in [2.24, 2.45) is 5.41 Å². The molecule has 2 fully saturated rings. The van der Waals surface area contributed by atoms with Crippen LogP contribution in [-0.4, -0.2) is 74.9 Å². The maximum absolute atomic E-state index is 12.2. The molecule has 2 heterocycles. The first-order chi connectivity index (χ1) is 12.0. The Labute approximate surface area is 158 Å². The number of sulfonamides is 1. The van der Waals surface area contributed by atoms with Gasteiger partial charge in [-0.25, -0.2) is 17.9 Å². The first kappa shape index (κ1) is 21.4. The van der Waals surface area contributed by atoms with Crippen LogP contribution in [0.4, 0.5) is 4.79 Å². The fourth-order valence-corrected chi connectivity index (χ4v) is 4.31. The molecule has 0 aliphatic carbocycles. The van der Waals surface area contributed by atoms with Crippen molar-refractivity contribution in [1.82, 2.24) is 14.5 Å². The standard InChI is InChI=1S/C18H35N3O4S/c1-5-26(23,24)19-10-15-20-11-6-18(7-12-20)8-13-21(14-9-18)16(22)25-17(2,3)4/h19H,5-15H2,1-4H3. The van der Waals surface area contributed by atoms with Crippen LogP contribution in [-0.2, 0) is 14.8 Å². The van der Waals surface area contributed by atoms with Crippen molar-refractivity contribution >= 4 is 16.1 Å². The summed E-state index contributed by atoms with van der Waals surface area (Å²) in [5, 5.41) is 0. The van der Waals surface area contributed by atoms with Gasteiger partial charge in [-0.15, -0.1) is 0 Å². The summed E-state index contributed by atoms with van der Waals surface area (Å²) in [5.74, 6) is 0.129. The lowest BCUT2D eigenvalue weighted by Crippen LogP contribution is -2.50. The monoisotopic (exact) mass is 389 g/mol. The molecule has 7 nitrogen and oxygen atoms in total. The average Bonchev–Trinajstić information content (AvgIpc) is 2.56. The second kappa shape index (κ2) is 8.44. The average molecular weight is 390 g/mol. The van der Waals surface area contributed by atoms with E-state index in [4.69, 9.17) is 4.74 Å². The lowest BCUT2D eigenvalue weighted by molar-refractivity contribution is -0.00219. The van der Waals surface area contributed by atoms with Gasteiger partial charge in [0.1, 0.15) is 5.60 Å². The van der Waals surface area contributed by atoms with E-state index in [0.29, 0.717) is 12.0 Å².